The van der Waals surface area contributed by atoms with E-state index in [2.05, 4.69) is 5.32 Å². The standard InChI is InChI=1S/C23H30N2O5S/c1-16-7-12-21(30-4)22(14-16)31(27,28)25-13-5-6-19(15-25)23(26)24-17(2)18-8-10-20(29-3)11-9-18/h7-12,14,17,19H,5-6,13,15H2,1-4H3,(H,24,26). The molecule has 0 saturated carbocycles. The van der Waals surface area contributed by atoms with Crippen LogP contribution in [0.3, 0.4) is 0 Å². The second kappa shape index (κ2) is 9.70. The number of carbonyl (C=O) groups is 1. The van der Waals surface area contributed by atoms with Gasteiger partial charge in [-0.05, 0) is 62.1 Å². The first-order valence-corrected chi connectivity index (χ1v) is 11.8. The number of aryl methyl sites for hydroxylation is 1. The summed E-state index contributed by atoms with van der Waals surface area (Å²) in [5, 5.41) is 3.02. The number of piperidine rings is 1. The molecule has 2 unspecified atom stereocenters. The molecule has 168 valence electrons. The molecule has 1 N–H and O–H groups in total. The fraction of sp³-hybridized carbons (Fsp3) is 0.435. The second-order valence-electron chi connectivity index (χ2n) is 7.86. The molecular weight excluding hydrogens is 416 g/mol. The molecule has 2 aromatic rings. The summed E-state index contributed by atoms with van der Waals surface area (Å²) in [6.45, 7) is 4.29. The van der Waals surface area contributed by atoms with E-state index in [9.17, 15) is 13.2 Å². The normalized spacial score (nSPS) is 18.3. The molecule has 8 heteroatoms. The van der Waals surface area contributed by atoms with Gasteiger partial charge in [-0.25, -0.2) is 8.42 Å². The molecule has 2 atom stereocenters. The van der Waals surface area contributed by atoms with Crippen LogP contribution < -0.4 is 14.8 Å². The first-order chi connectivity index (χ1) is 14.8. The van der Waals surface area contributed by atoms with E-state index >= 15 is 0 Å². The highest BCUT2D eigenvalue weighted by Crippen LogP contribution is 2.31. The van der Waals surface area contributed by atoms with Crippen LogP contribution in [0.2, 0.25) is 0 Å². The lowest BCUT2D eigenvalue weighted by atomic mass is 9.98. The Morgan fingerprint density at radius 2 is 1.84 bits per heavy atom. The molecule has 0 radical (unpaired) electrons. The Hall–Kier alpha value is -2.58. The molecule has 0 bridgehead atoms. The van der Waals surface area contributed by atoms with Crippen LogP contribution in [0.4, 0.5) is 0 Å². The molecule has 0 aromatic heterocycles. The van der Waals surface area contributed by atoms with E-state index in [-0.39, 0.29) is 23.4 Å². The van der Waals surface area contributed by atoms with Crippen LogP contribution in [0.1, 0.15) is 36.9 Å². The maximum absolute atomic E-state index is 13.3. The molecule has 1 saturated heterocycles. The van der Waals surface area contributed by atoms with Crippen molar-refractivity contribution in [3.8, 4) is 11.5 Å². The average Bonchev–Trinajstić information content (AvgIpc) is 2.79. The van der Waals surface area contributed by atoms with E-state index in [4.69, 9.17) is 9.47 Å². The fourth-order valence-corrected chi connectivity index (χ4v) is 5.57. The van der Waals surface area contributed by atoms with Gasteiger partial charge in [0, 0.05) is 13.1 Å². The molecule has 0 spiro atoms. The Bertz CT molecular complexity index is 1020. The van der Waals surface area contributed by atoms with Crippen LogP contribution in [0.15, 0.2) is 47.4 Å². The first kappa shape index (κ1) is 23.1. The molecule has 1 amide bonds. The van der Waals surface area contributed by atoms with Gasteiger partial charge in [-0.1, -0.05) is 18.2 Å². The van der Waals surface area contributed by atoms with E-state index in [1.54, 1.807) is 19.2 Å². The molecule has 0 aliphatic carbocycles. The number of ether oxygens (including phenoxy) is 2. The number of nitrogens with one attached hydrogen (secondary N) is 1. The maximum Gasteiger partial charge on any atom is 0.246 e. The van der Waals surface area contributed by atoms with Gasteiger partial charge in [0.2, 0.25) is 15.9 Å². The van der Waals surface area contributed by atoms with E-state index < -0.39 is 15.9 Å². The zero-order valence-electron chi connectivity index (χ0n) is 18.4. The van der Waals surface area contributed by atoms with Crippen molar-refractivity contribution < 1.29 is 22.7 Å². The van der Waals surface area contributed by atoms with Gasteiger partial charge in [-0.2, -0.15) is 4.31 Å². The average molecular weight is 447 g/mol. The molecular formula is C23H30N2O5S. The van der Waals surface area contributed by atoms with Crippen LogP contribution in [-0.4, -0.2) is 45.9 Å². The lowest BCUT2D eigenvalue weighted by Crippen LogP contribution is -2.45. The molecule has 1 heterocycles. The minimum absolute atomic E-state index is 0.139. The number of sulfonamides is 1. The Balaban J connectivity index is 1.72. The van der Waals surface area contributed by atoms with Gasteiger partial charge in [-0.15, -0.1) is 0 Å². The number of hydrogen-bond acceptors (Lipinski definition) is 5. The van der Waals surface area contributed by atoms with Crippen LogP contribution in [-0.2, 0) is 14.8 Å². The van der Waals surface area contributed by atoms with Crippen molar-refractivity contribution in [3.05, 3.63) is 53.6 Å². The highest BCUT2D eigenvalue weighted by Gasteiger charge is 2.35. The Morgan fingerprint density at radius 3 is 2.48 bits per heavy atom. The number of methoxy groups -OCH3 is 2. The number of carbonyl (C=O) groups excluding carboxylic acids is 1. The molecule has 1 fully saturated rings. The third kappa shape index (κ3) is 5.19. The lowest BCUT2D eigenvalue weighted by Gasteiger charge is -2.32. The van der Waals surface area contributed by atoms with Crippen molar-refractivity contribution >= 4 is 15.9 Å². The van der Waals surface area contributed by atoms with Crippen molar-refractivity contribution in [2.75, 3.05) is 27.3 Å². The van der Waals surface area contributed by atoms with Crippen LogP contribution in [0, 0.1) is 12.8 Å². The lowest BCUT2D eigenvalue weighted by molar-refractivity contribution is -0.126. The van der Waals surface area contributed by atoms with Crippen molar-refractivity contribution in [3.63, 3.8) is 0 Å². The zero-order chi connectivity index (χ0) is 22.6. The van der Waals surface area contributed by atoms with E-state index in [0.717, 1.165) is 16.9 Å². The SMILES string of the molecule is COc1ccc(C(C)NC(=O)C2CCCN(S(=O)(=O)c3cc(C)ccc3OC)C2)cc1. The summed E-state index contributed by atoms with van der Waals surface area (Å²) in [6.07, 6.45) is 1.28. The fourth-order valence-electron chi connectivity index (χ4n) is 3.81. The Kier molecular flexibility index (Phi) is 7.23. The van der Waals surface area contributed by atoms with Gasteiger partial charge in [0.15, 0.2) is 0 Å². The Morgan fingerprint density at radius 1 is 1.13 bits per heavy atom. The highest BCUT2D eigenvalue weighted by molar-refractivity contribution is 7.89. The third-order valence-corrected chi connectivity index (χ3v) is 7.55. The minimum Gasteiger partial charge on any atom is -0.497 e. The summed E-state index contributed by atoms with van der Waals surface area (Å²) in [7, 11) is -0.706. The second-order valence-corrected chi connectivity index (χ2v) is 9.77. The number of nitrogens with zero attached hydrogens (tertiary/aromatic N) is 1. The van der Waals surface area contributed by atoms with Crippen molar-refractivity contribution in [1.29, 1.82) is 0 Å². The smallest absolute Gasteiger partial charge is 0.246 e. The number of rotatable bonds is 7. The summed E-state index contributed by atoms with van der Waals surface area (Å²) in [5.41, 5.74) is 1.79. The van der Waals surface area contributed by atoms with Gasteiger partial charge in [0.05, 0.1) is 26.2 Å². The summed E-state index contributed by atoms with van der Waals surface area (Å²) >= 11 is 0. The highest BCUT2D eigenvalue weighted by atomic mass is 32.2. The monoisotopic (exact) mass is 446 g/mol. The summed E-state index contributed by atoms with van der Waals surface area (Å²) < 4.78 is 38.4. The van der Waals surface area contributed by atoms with Gasteiger partial charge in [0.1, 0.15) is 16.4 Å². The maximum atomic E-state index is 13.3. The van der Waals surface area contributed by atoms with E-state index in [1.165, 1.54) is 11.4 Å². The topological polar surface area (TPSA) is 84.9 Å². The van der Waals surface area contributed by atoms with Gasteiger partial charge < -0.3 is 14.8 Å². The number of hydrogen-bond donors (Lipinski definition) is 1. The first-order valence-electron chi connectivity index (χ1n) is 10.4. The summed E-state index contributed by atoms with van der Waals surface area (Å²) in [5.74, 6) is 0.520. The van der Waals surface area contributed by atoms with E-state index in [0.29, 0.717) is 25.1 Å². The summed E-state index contributed by atoms with van der Waals surface area (Å²) in [4.78, 5) is 13.1. The number of benzene rings is 2. The van der Waals surface area contributed by atoms with Gasteiger partial charge in [0.25, 0.3) is 0 Å². The quantitative estimate of drug-likeness (QED) is 0.706. The van der Waals surface area contributed by atoms with E-state index in [1.807, 2.05) is 44.2 Å². The van der Waals surface area contributed by atoms with Crippen LogP contribution in [0.5, 0.6) is 11.5 Å². The molecule has 31 heavy (non-hydrogen) atoms. The largest absolute Gasteiger partial charge is 0.497 e. The van der Waals surface area contributed by atoms with Crippen LogP contribution in [0.25, 0.3) is 0 Å². The van der Waals surface area contributed by atoms with Crippen molar-refractivity contribution in [2.45, 2.75) is 37.6 Å². The van der Waals surface area contributed by atoms with Crippen molar-refractivity contribution in [2.24, 2.45) is 5.92 Å². The Labute approximate surface area is 184 Å². The molecule has 3 rings (SSSR count). The predicted octanol–water partition coefficient (Wildman–Crippen LogP) is 3.29. The van der Waals surface area contributed by atoms with Gasteiger partial charge in [-0.3, -0.25) is 4.79 Å². The predicted molar refractivity (Wildman–Crippen MR) is 119 cm³/mol. The third-order valence-electron chi connectivity index (χ3n) is 5.67. The van der Waals surface area contributed by atoms with Gasteiger partial charge >= 0.3 is 0 Å². The minimum atomic E-state index is -3.77. The molecule has 1 aliphatic heterocycles. The molecule has 7 nitrogen and oxygen atoms in total. The molecule has 2 aromatic carbocycles. The molecule has 1 aliphatic rings. The van der Waals surface area contributed by atoms with Crippen LogP contribution >= 0.6 is 0 Å². The number of amides is 1. The summed E-state index contributed by atoms with van der Waals surface area (Å²) in [6, 6.07) is 12.4. The zero-order valence-corrected chi connectivity index (χ0v) is 19.2. The van der Waals surface area contributed by atoms with Crippen molar-refractivity contribution in [1.82, 2.24) is 9.62 Å².